The summed E-state index contributed by atoms with van der Waals surface area (Å²) in [4.78, 5) is 23.4. The summed E-state index contributed by atoms with van der Waals surface area (Å²) >= 11 is 5.72. The third-order valence-electron chi connectivity index (χ3n) is 2.39. The number of amides is 1. The molecule has 0 aliphatic carbocycles. The number of halogens is 1. The van der Waals surface area contributed by atoms with Crippen LogP contribution in [0.1, 0.15) is 17.3 Å². The predicted octanol–water partition coefficient (Wildman–Crippen LogP) is 1.90. The van der Waals surface area contributed by atoms with E-state index in [1.807, 2.05) is 0 Å². The van der Waals surface area contributed by atoms with Crippen LogP contribution in [0.2, 0.25) is 5.02 Å². The van der Waals surface area contributed by atoms with Gasteiger partial charge in [0.15, 0.2) is 0 Å². The number of carbonyl (C=O) groups excluding carboxylic acids is 1. The normalized spacial score (nSPS) is 9.94. The Morgan fingerprint density at radius 3 is 2.67 bits per heavy atom. The van der Waals surface area contributed by atoms with Crippen LogP contribution in [0.4, 0.5) is 0 Å². The Hall–Kier alpha value is -1.75. The molecule has 0 saturated carbocycles. The minimum Gasteiger partial charge on any atom is -0.491 e. The summed E-state index contributed by atoms with van der Waals surface area (Å²) < 4.78 is 5.34. The van der Waals surface area contributed by atoms with E-state index in [0.717, 1.165) is 0 Å². The number of benzene rings is 1. The van der Waals surface area contributed by atoms with Crippen LogP contribution in [0.5, 0.6) is 5.75 Å². The van der Waals surface area contributed by atoms with Crippen molar-refractivity contribution in [2.75, 3.05) is 20.2 Å². The highest BCUT2D eigenvalue weighted by atomic mass is 35.5. The number of hydrogen-bond acceptors (Lipinski definition) is 3. The lowest BCUT2D eigenvalue weighted by Gasteiger charge is -2.15. The van der Waals surface area contributed by atoms with E-state index < -0.39 is 5.97 Å². The Labute approximate surface area is 110 Å². The van der Waals surface area contributed by atoms with Gasteiger partial charge in [-0.2, -0.15) is 0 Å². The highest BCUT2D eigenvalue weighted by Gasteiger charge is 2.12. The molecule has 5 nitrogen and oxygen atoms in total. The molecule has 0 radical (unpaired) electrons. The molecular formula is C12H14ClNO4. The molecule has 6 heteroatoms. The predicted molar refractivity (Wildman–Crippen MR) is 67.2 cm³/mol. The molecule has 0 unspecified atom stereocenters. The number of likely N-dealkylation sites (N-methyl/N-ethyl adjacent to an activating group) is 1. The summed E-state index contributed by atoms with van der Waals surface area (Å²) in [5.74, 6) is -0.940. The van der Waals surface area contributed by atoms with Gasteiger partial charge in [-0.3, -0.25) is 4.79 Å². The van der Waals surface area contributed by atoms with Crippen LogP contribution in [-0.2, 0) is 4.79 Å². The molecule has 1 aromatic rings. The molecule has 0 aliphatic rings. The van der Waals surface area contributed by atoms with Gasteiger partial charge in [0.2, 0.25) is 5.91 Å². The zero-order valence-corrected chi connectivity index (χ0v) is 10.9. The van der Waals surface area contributed by atoms with Crippen LogP contribution < -0.4 is 4.74 Å². The lowest BCUT2D eigenvalue weighted by molar-refractivity contribution is -0.127. The van der Waals surface area contributed by atoms with Gasteiger partial charge in [0.1, 0.15) is 17.9 Å². The highest BCUT2D eigenvalue weighted by Crippen LogP contribution is 2.22. The second-order valence-electron chi connectivity index (χ2n) is 3.73. The van der Waals surface area contributed by atoms with Gasteiger partial charge >= 0.3 is 5.97 Å². The average Bonchev–Trinajstić information content (AvgIpc) is 2.30. The smallest absolute Gasteiger partial charge is 0.339 e. The second-order valence-corrected chi connectivity index (χ2v) is 4.17. The van der Waals surface area contributed by atoms with E-state index in [-0.39, 0.29) is 23.8 Å². The minimum absolute atomic E-state index is 0.00739. The van der Waals surface area contributed by atoms with Crippen molar-refractivity contribution in [3.8, 4) is 5.75 Å². The first-order valence-corrected chi connectivity index (χ1v) is 5.67. The monoisotopic (exact) mass is 271 g/mol. The standard InChI is InChI=1S/C12H14ClNO4/c1-8(15)14(2)5-6-18-11-4-3-9(13)7-10(11)12(16)17/h3-4,7H,5-6H2,1-2H3,(H,16,17). The fraction of sp³-hybridized carbons (Fsp3) is 0.333. The number of nitrogens with zero attached hydrogens (tertiary/aromatic N) is 1. The van der Waals surface area contributed by atoms with Crippen molar-refractivity contribution >= 4 is 23.5 Å². The summed E-state index contributed by atoms with van der Waals surface area (Å²) in [6.07, 6.45) is 0. The van der Waals surface area contributed by atoms with Gasteiger partial charge in [0, 0.05) is 19.0 Å². The Morgan fingerprint density at radius 1 is 1.44 bits per heavy atom. The lowest BCUT2D eigenvalue weighted by atomic mass is 10.2. The minimum atomic E-state index is -1.10. The van der Waals surface area contributed by atoms with Crippen LogP contribution in [0, 0.1) is 0 Å². The van der Waals surface area contributed by atoms with E-state index in [1.54, 1.807) is 13.1 Å². The molecule has 1 amide bonds. The zero-order chi connectivity index (χ0) is 13.7. The van der Waals surface area contributed by atoms with E-state index in [2.05, 4.69) is 0 Å². The summed E-state index contributed by atoms with van der Waals surface area (Å²) in [7, 11) is 1.64. The van der Waals surface area contributed by atoms with E-state index in [4.69, 9.17) is 21.4 Å². The molecule has 0 aromatic heterocycles. The Balaban J connectivity index is 2.67. The number of ether oxygens (including phenoxy) is 1. The first-order chi connectivity index (χ1) is 8.41. The summed E-state index contributed by atoms with van der Waals surface area (Å²) in [5, 5.41) is 9.32. The molecule has 18 heavy (non-hydrogen) atoms. The van der Waals surface area contributed by atoms with Crippen molar-refractivity contribution < 1.29 is 19.4 Å². The largest absolute Gasteiger partial charge is 0.491 e. The Bertz CT molecular complexity index is 461. The molecule has 0 atom stereocenters. The first kappa shape index (κ1) is 14.3. The maximum atomic E-state index is 11.0. The number of rotatable bonds is 5. The van der Waals surface area contributed by atoms with Gasteiger partial charge in [0.05, 0.1) is 6.54 Å². The molecule has 0 fully saturated rings. The number of carboxylic acid groups (broad SMARTS) is 1. The zero-order valence-electron chi connectivity index (χ0n) is 10.1. The van der Waals surface area contributed by atoms with E-state index >= 15 is 0 Å². The number of aromatic carboxylic acids is 1. The van der Waals surface area contributed by atoms with E-state index in [1.165, 1.54) is 24.0 Å². The second kappa shape index (κ2) is 6.26. The van der Waals surface area contributed by atoms with Crippen molar-refractivity contribution in [1.82, 2.24) is 4.90 Å². The third kappa shape index (κ3) is 3.92. The van der Waals surface area contributed by atoms with Gasteiger partial charge < -0.3 is 14.7 Å². The summed E-state index contributed by atoms with van der Waals surface area (Å²) in [6.45, 7) is 2.06. The molecule has 1 N–H and O–H groups in total. The number of hydrogen-bond donors (Lipinski definition) is 1. The maximum Gasteiger partial charge on any atom is 0.339 e. The number of carboxylic acids is 1. The third-order valence-corrected chi connectivity index (χ3v) is 2.63. The highest BCUT2D eigenvalue weighted by molar-refractivity contribution is 6.31. The van der Waals surface area contributed by atoms with Gasteiger partial charge in [0.25, 0.3) is 0 Å². The van der Waals surface area contributed by atoms with Crippen LogP contribution in [0.25, 0.3) is 0 Å². The Kier molecular flexibility index (Phi) is 4.97. The first-order valence-electron chi connectivity index (χ1n) is 5.29. The van der Waals surface area contributed by atoms with Crippen LogP contribution in [0.3, 0.4) is 0 Å². The topological polar surface area (TPSA) is 66.8 Å². The molecule has 0 saturated heterocycles. The molecule has 1 aromatic carbocycles. The van der Waals surface area contributed by atoms with Gasteiger partial charge in [-0.25, -0.2) is 4.79 Å². The molecule has 0 spiro atoms. The number of carbonyl (C=O) groups is 2. The van der Waals surface area contributed by atoms with Crippen molar-refractivity contribution in [2.24, 2.45) is 0 Å². The lowest BCUT2D eigenvalue weighted by Crippen LogP contribution is -2.28. The van der Waals surface area contributed by atoms with Crippen LogP contribution in [-0.4, -0.2) is 42.1 Å². The molecule has 0 bridgehead atoms. The van der Waals surface area contributed by atoms with Crippen LogP contribution >= 0.6 is 11.6 Å². The van der Waals surface area contributed by atoms with Crippen molar-refractivity contribution in [1.29, 1.82) is 0 Å². The van der Waals surface area contributed by atoms with Crippen molar-refractivity contribution in [2.45, 2.75) is 6.92 Å². The van der Waals surface area contributed by atoms with Crippen molar-refractivity contribution in [3.63, 3.8) is 0 Å². The van der Waals surface area contributed by atoms with E-state index in [9.17, 15) is 9.59 Å². The van der Waals surface area contributed by atoms with E-state index in [0.29, 0.717) is 11.6 Å². The maximum absolute atomic E-state index is 11.0. The average molecular weight is 272 g/mol. The molecule has 0 aliphatic heterocycles. The molecule has 98 valence electrons. The van der Waals surface area contributed by atoms with Crippen LogP contribution in [0.15, 0.2) is 18.2 Å². The molecule has 0 heterocycles. The molecular weight excluding hydrogens is 258 g/mol. The van der Waals surface area contributed by atoms with Gasteiger partial charge in [-0.05, 0) is 18.2 Å². The Morgan fingerprint density at radius 2 is 2.11 bits per heavy atom. The fourth-order valence-electron chi connectivity index (χ4n) is 1.25. The fourth-order valence-corrected chi connectivity index (χ4v) is 1.42. The van der Waals surface area contributed by atoms with Gasteiger partial charge in [-0.1, -0.05) is 11.6 Å². The van der Waals surface area contributed by atoms with Gasteiger partial charge in [-0.15, -0.1) is 0 Å². The molecule has 1 rings (SSSR count). The summed E-state index contributed by atoms with van der Waals surface area (Å²) in [5.41, 5.74) is 0.00739. The summed E-state index contributed by atoms with van der Waals surface area (Å²) in [6, 6.07) is 4.38. The van der Waals surface area contributed by atoms with Crippen molar-refractivity contribution in [3.05, 3.63) is 28.8 Å². The quantitative estimate of drug-likeness (QED) is 0.888. The SMILES string of the molecule is CC(=O)N(C)CCOc1ccc(Cl)cc1C(=O)O.